The van der Waals surface area contributed by atoms with E-state index in [1.807, 2.05) is 13.2 Å². The SMILES string of the molecule is COc1ccc(NC(=O)CSCc2cnn(C)c2)cc1OC. The van der Waals surface area contributed by atoms with E-state index in [4.69, 9.17) is 9.47 Å². The van der Waals surface area contributed by atoms with Crippen LogP contribution in [-0.4, -0.2) is 35.7 Å². The molecule has 0 unspecified atom stereocenters. The van der Waals surface area contributed by atoms with Gasteiger partial charge in [0.1, 0.15) is 0 Å². The van der Waals surface area contributed by atoms with E-state index in [0.717, 1.165) is 11.3 Å². The van der Waals surface area contributed by atoms with E-state index < -0.39 is 0 Å². The van der Waals surface area contributed by atoms with Gasteiger partial charge < -0.3 is 14.8 Å². The molecule has 0 spiro atoms. The van der Waals surface area contributed by atoms with E-state index in [1.165, 1.54) is 0 Å². The van der Waals surface area contributed by atoms with Gasteiger partial charge in [-0.05, 0) is 17.7 Å². The van der Waals surface area contributed by atoms with Crippen molar-refractivity contribution in [3.63, 3.8) is 0 Å². The van der Waals surface area contributed by atoms with Crippen molar-refractivity contribution < 1.29 is 14.3 Å². The number of benzene rings is 1. The van der Waals surface area contributed by atoms with Crippen molar-refractivity contribution in [1.82, 2.24) is 9.78 Å². The molecule has 0 atom stereocenters. The van der Waals surface area contributed by atoms with Crippen LogP contribution >= 0.6 is 11.8 Å². The quantitative estimate of drug-likeness (QED) is 0.848. The van der Waals surface area contributed by atoms with Crippen molar-refractivity contribution in [3.05, 3.63) is 36.2 Å². The van der Waals surface area contributed by atoms with Gasteiger partial charge in [-0.2, -0.15) is 5.10 Å². The molecule has 1 amide bonds. The van der Waals surface area contributed by atoms with Crippen molar-refractivity contribution in [1.29, 1.82) is 0 Å². The molecular weight excluding hydrogens is 302 g/mol. The predicted molar refractivity (Wildman–Crippen MR) is 87.5 cm³/mol. The maximum Gasteiger partial charge on any atom is 0.234 e. The minimum atomic E-state index is -0.0545. The standard InChI is InChI=1S/C15H19N3O3S/c1-18-8-11(7-16-18)9-22-10-15(19)17-12-4-5-13(20-2)14(6-12)21-3/h4-8H,9-10H2,1-3H3,(H,17,19). The Labute approximate surface area is 133 Å². The fourth-order valence-electron chi connectivity index (χ4n) is 1.92. The van der Waals surface area contributed by atoms with Crippen LogP contribution in [0.25, 0.3) is 0 Å². The number of rotatable bonds is 7. The molecule has 1 aromatic heterocycles. The highest BCUT2D eigenvalue weighted by atomic mass is 32.2. The summed E-state index contributed by atoms with van der Waals surface area (Å²) in [5.41, 5.74) is 1.79. The molecular formula is C15H19N3O3S. The van der Waals surface area contributed by atoms with Gasteiger partial charge in [0.2, 0.25) is 5.91 Å². The van der Waals surface area contributed by atoms with Crippen LogP contribution in [0.4, 0.5) is 5.69 Å². The summed E-state index contributed by atoms with van der Waals surface area (Å²) in [6, 6.07) is 5.28. The second-order valence-electron chi connectivity index (χ2n) is 4.63. The van der Waals surface area contributed by atoms with Gasteiger partial charge in [0.15, 0.2) is 11.5 Å². The summed E-state index contributed by atoms with van der Waals surface area (Å²) in [6.07, 6.45) is 3.75. The minimum Gasteiger partial charge on any atom is -0.493 e. The number of carbonyl (C=O) groups excluding carboxylic acids is 1. The molecule has 1 aromatic carbocycles. The van der Waals surface area contributed by atoms with Crippen LogP contribution in [0.3, 0.4) is 0 Å². The number of carbonyl (C=O) groups is 1. The molecule has 1 heterocycles. The van der Waals surface area contributed by atoms with Gasteiger partial charge >= 0.3 is 0 Å². The molecule has 0 aliphatic heterocycles. The molecule has 0 aliphatic rings. The molecule has 118 valence electrons. The van der Waals surface area contributed by atoms with E-state index in [0.29, 0.717) is 22.9 Å². The molecule has 0 fully saturated rings. The average molecular weight is 321 g/mol. The van der Waals surface area contributed by atoms with E-state index in [1.54, 1.807) is 55.1 Å². The highest BCUT2D eigenvalue weighted by molar-refractivity contribution is 7.99. The number of hydrogen-bond donors (Lipinski definition) is 1. The van der Waals surface area contributed by atoms with E-state index in [9.17, 15) is 4.79 Å². The van der Waals surface area contributed by atoms with Crippen LogP contribution in [0, 0.1) is 0 Å². The first kappa shape index (κ1) is 16.2. The molecule has 7 heteroatoms. The molecule has 0 aliphatic carbocycles. The first-order chi connectivity index (χ1) is 10.6. The summed E-state index contributed by atoms with van der Waals surface area (Å²) >= 11 is 1.54. The van der Waals surface area contributed by atoms with Gasteiger partial charge in [-0.15, -0.1) is 11.8 Å². The minimum absolute atomic E-state index is 0.0545. The molecule has 2 aromatic rings. The smallest absolute Gasteiger partial charge is 0.234 e. The lowest BCUT2D eigenvalue weighted by molar-refractivity contribution is -0.113. The first-order valence-electron chi connectivity index (χ1n) is 6.69. The van der Waals surface area contributed by atoms with Crippen molar-refractivity contribution in [3.8, 4) is 11.5 Å². The normalized spacial score (nSPS) is 10.3. The molecule has 0 saturated heterocycles. The molecule has 6 nitrogen and oxygen atoms in total. The lowest BCUT2D eigenvalue weighted by atomic mass is 10.2. The third-order valence-corrected chi connectivity index (χ3v) is 3.93. The summed E-state index contributed by atoms with van der Waals surface area (Å²) in [6.45, 7) is 0. The Hall–Kier alpha value is -2.15. The number of ether oxygens (including phenoxy) is 2. The maximum atomic E-state index is 11.9. The van der Waals surface area contributed by atoms with Gasteiger partial charge in [0.05, 0.1) is 26.2 Å². The van der Waals surface area contributed by atoms with Crippen LogP contribution in [0.15, 0.2) is 30.6 Å². The zero-order valence-electron chi connectivity index (χ0n) is 12.8. The predicted octanol–water partition coefficient (Wildman–Crippen LogP) is 2.31. The Morgan fingerprint density at radius 2 is 2.09 bits per heavy atom. The Morgan fingerprint density at radius 1 is 1.32 bits per heavy atom. The maximum absolute atomic E-state index is 11.9. The Morgan fingerprint density at radius 3 is 2.73 bits per heavy atom. The van der Waals surface area contributed by atoms with Crippen LogP contribution < -0.4 is 14.8 Å². The summed E-state index contributed by atoms with van der Waals surface area (Å²) in [5.74, 6) is 2.30. The Bertz CT molecular complexity index is 643. The van der Waals surface area contributed by atoms with Crippen LogP contribution in [0.1, 0.15) is 5.56 Å². The average Bonchev–Trinajstić information content (AvgIpc) is 2.92. The molecule has 0 bridgehead atoms. The molecule has 2 rings (SSSR count). The topological polar surface area (TPSA) is 65.4 Å². The summed E-state index contributed by atoms with van der Waals surface area (Å²) in [7, 11) is 5.01. The van der Waals surface area contributed by atoms with E-state index in [2.05, 4.69) is 10.4 Å². The Kier molecular flexibility index (Phi) is 5.71. The summed E-state index contributed by atoms with van der Waals surface area (Å²) in [4.78, 5) is 11.9. The highest BCUT2D eigenvalue weighted by Crippen LogP contribution is 2.29. The number of aromatic nitrogens is 2. The number of aryl methyl sites for hydroxylation is 1. The Balaban J connectivity index is 1.84. The lowest BCUT2D eigenvalue weighted by Crippen LogP contribution is -2.14. The fourth-order valence-corrected chi connectivity index (χ4v) is 2.66. The zero-order valence-corrected chi connectivity index (χ0v) is 13.6. The second-order valence-corrected chi connectivity index (χ2v) is 5.62. The third kappa shape index (κ3) is 4.42. The van der Waals surface area contributed by atoms with Crippen molar-refractivity contribution in [2.24, 2.45) is 7.05 Å². The monoisotopic (exact) mass is 321 g/mol. The third-order valence-electron chi connectivity index (χ3n) is 2.93. The zero-order chi connectivity index (χ0) is 15.9. The number of thioether (sulfide) groups is 1. The molecule has 0 saturated carbocycles. The van der Waals surface area contributed by atoms with Crippen molar-refractivity contribution in [2.45, 2.75) is 5.75 Å². The van der Waals surface area contributed by atoms with Gasteiger partial charge in [-0.3, -0.25) is 9.48 Å². The van der Waals surface area contributed by atoms with E-state index >= 15 is 0 Å². The number of nitrogens with zero attached hydrogens (tertiary/aromatic N) is 2. The van der Waals surface area contributed by atoms with Gasteiger partial charge in [-0.1, -0.05) is 0 Å². The van der Waals surface area contributed by atoms with Crippen LogP contribution in [0.5, 0.6) is 11.5 Å². The lowest BCUT2D eigenvalue weighted by Gasteiger charge is -2.10. The molecule has 0 radical (unpaired) electrons. The van der Waals surface area contributed by atoms with Crippen molar-refractivity contribution >= 4 is 23.4 Å². The number of nitrogens with one attached hydrogen (secondary N) is 1. The summed E-state index contributed by atoms with van der Waals surface area (Å²) in [5, 5.41) is 6.94. The van der Waals surface area contributed by atoms with Gasteiger partial charge in [-0.25, -0.2) is 0 Å². The van der Waals surface area contributed by atoms with Gasteiger partial charge in [0, 0.05) is 30.8 Å². The van der Waals surface area contributed by atoms with Crippen molar-refractivity contribution in [2.75, 3.05) is 25.3 Å². The number of hydrogen-bond acceptors (Lipinski definition) is 5. The number of anilines is 1. The molecule has 22 heavy (non-hydrogen) atoms. The molecule has 1 N–H and O–H groups in total. The van der Waals surface area contributed by atoms with Crippen LogP contribution in [0.2, 0.25) is 0 Å². The fraction of sp³-hybridized carbons (Fsp3) is 0.333. The highest BCUT2D eigenvalue weighted by Gasteiger charge is 2.08. The second kappa shape index (κ2) is 7.74. The largest absolute Gasteiger partial charge is 0.493 e. The van der Waals surface area contributed by atoms with Gasteiger partial charge in [0.25, 0.3) is 0 Å². The first-order valence-corrected chi connectivity index (χ1v) is 7.85. The number of methoxy groups -OCH3 is 2. The van der Waals surface area contributed by atoms with Crippen LogP contribution in [-0.2, 0) is 17.6 Å². The summed E-state index contributed by atoms with van der Waals surface area (Å²) < 4.78 is 12.1. The van der Waals surface area contributed by atoms with E-state index in [-0.39, 0.29) is 5.91 Å². The number of amides is 1.